The number of rotatable bonds is 3. The van der Waals surface area contributed by atoms with Crippen molar-refractivity contribution in [3.63, 3.8) is 0 Å². The Morgan fingerprint density at radius 3 is 2.74 bits per heavy atom. The van der Waals surface area contributed by atoms with Crippen LogP contribution in [0.3, 0.4) is 0 Å². The number of carbonyl (C=O) groups is 1. The van der Waals surface area contributed by atoms with E-state index >= 15 is 0 Å². The first-order valence-electron chi connectivity index (χ1n) is 8.77. The van der Waals surface area contributed by atoms with Gasteiger partial charge in [0.15, 0.2) is 10.8 Å². The summed E-state index contributed by atoms with van der Waals surface area (Å²) in [6.07, 6.45) is 1.96. The van der Waals surface area contributed by atoms with Crippen LogP contribution in [0.25, 0.3) is 0 Å². The summed E-state index contributed by atoms with van der Waals surface area (Å²) >= 11 is 1.13. The van der Waals surface area contributed by atoms with E-state index in [4.69, 9.17) is 10.8 Å². The van der Waals surface area contributed by atoms with Crippen LogP contribution in [0.15, 0.2) is 18.2 Å². The van der Waals surface area contributed by atoms with Crippen molar-refractivity contribution < 1.29 is 9.18 Å². The lowest BCUT2D eigenvalue weighted by Gasteiger charge is -2.36. The van der Waals surface area contributed by atoms with Crippen molar-refractivity contribution in [3.8, 4) is 0 Å². The van der Waals surface area contributed by atoms with Crippen molar-refractivity contribution in [1.82, 2.24) is 19.2 Å². The van der Waals surface area contributed by atoms with Gasteiger partial charge in [-0.1, -0.05) is 0 Å². The molecule has 2 aromatic rings. The zero-order valence-electron chi connectivity index (χ0n) is 14.8. The summed E-state index contributed by atoms with van der Waals surface area (Å²) in [6, 6.07) is 4.32. The number of hydrogen-bond acceptors (Lipinski definition) is 6. The molecular formula is C18H19FN6OS. The second kappa shape index (κ2) is 6.80. The minimum absolute atomic E-state index is 0.112. The highest BCUT2D eigenvalue weighted by molar-refractivity contribution is 7.07. The molecule has 1 saturated carbocycles. The van der Waals surface area contributed by atoms with Crippen LogP contribution >= 0.6 is 11.5 Å². The smallest absolute Gasteiger partial charge is 0.254 e. The summed E-state index contributed by atoms with van der Waals surface area (Å²) in [4.78, 5) is 20.3. The highest BCUT2D eigenvalue weighted by atomic mass is 32.1. The molecule has 1 aromatic carbocycles. The van der Waals surface area contributed by atoms with Gasteiger partial charge >= 0.3 is 0 Å². The van der Waals surface area contributed by atoms with Crippen LogP contribution in [0.5, 0.6) is 0 Å². The number of aryl methyl sites for hydroxylation is 1. The first-order chi connectivity index (χ1) is 12.9. The molecule has 0 unspecified atom stereocenters. The molecule has 1 amide bonds. The highest BCUT2D eigenvalue weighted by Crippen LogP contribution is 2.42. The molecule has 2 heterocycles. The van der Waals surface area contributed by atoms with Crippen molar-refractivity contribution in [1.29, 1.82) is 10.8 Å². The molecule has 2 aliphatic rings. The van der Waals surface area contributed by atoms with E-state index in [9.17, 15) is 9.18 Å². The van der Waals surface area contributed by atoms with Gasteiger partial charge in [0.2, 0.25) is 0 Å². The summed E-state index contributed by atoms with van der Waals surface area (Å²) in [5.41, 5.74) is 1.29. The first-order valence-corrected chi connectivity index (χ1v) is 9.54. The molecule has 7 nitrogen and oxygen atoms in total. The van der Waals surface area contributed by atoms with E-state index in [0.29, 0.717) is 29.5 Å². The van der Waals surface area contributed by atoms with Crippen molar-refractivity contribution in [2.24, 2.45) is 0 Å². The normalized spacial score (nSPS) is 17.3. The van der Waals surface area contributed by atoms with E-state index in [1.165, 1.54) is 12.1 Å². The second-order valence-corrected chi connectivity index (χ2v) is 7.58. The van der Waals surface area contributed by atoms with E-state index in [1.807, 2.05) is 0 Å². The lowest BCUT2D eigenvalue weighted by atomic mass is 10.0. The molecule has 140 valence electrons. The Morgan fingerprint density at radius 2 is 2.11 bits per heavy atom. The lowest BCUT2D eigenvalue weighted by Crippen LogP contribution is -2.54. The third kappa shape index (κ3) is 3.46. The number of piperazine rings is 1. The monoisotopic (exact) mass is 386 g/mol. The third-order valence-electron chi connectivity index (χ3n) is 4.81. The number of aromatic nitrogens is 2. The Balaban J connectivity index is 1.49. The first kappa shape index (κ1) is 17.7. The molecule has 27 heavy (non-hydrogen) atoms. The SMILES string of the molecule is Cc1nsc(C(=N)N2CCN(C(=O)c3ccc(F)cc3C3CC3)CC2=N)n1. The second-order valence-electron chi connectivity index (χ2n) is 6.83. The minimum Gasteiger partial charge on any atom is -0.329 e. The predicted octanol–water partition coefficient (Wildman–Crippen LogP) is 2.62. The Labute approximate surface area is 160 Å². The van der Waals surface area contributed by atoms with E-state index in [2.05, 4.69) is 9.36 Å². The summed E-state index contributed by atoms with van der Waals surface area (Å²) in [5, 5.41) is 17.0. The van der Waals surface area contributed by atoms with E-state index in [-0.39, 0.29) is 35.9 Å². The van der Waals surface area contributed by atoms with Gasteiger partial charge in [-0.3, -0.25) is 15.6 Å². The Kier molecular flexibility index (Phi) is 4.47. The maximum absolute atomic E-state index is 13.6. The third-order valence-corrected chi connectivity index (χ3v) is 5.62. The summed E-state index contributed by atoms with van der Waals surface area (Å²) in [7, 11) is 0. The van der Waals surface area contributed by atoms with Gasteiger partial charge in [-0.2, -0.15) is 4.37 Å². The molecule has 2 N–H and O–H groups in total. The largest absolute Gasteiger partial charge is 0.329 e. The van der Waals surface area contributed by atoms with Gasteiger partial charge < -0.3 is 9.80 Å². The number of nitrogens with one attached hydrogen (secondary N) is 2. The average molecular weight is 386 g/mol. The number of hydrogen-bond donors (Lipinski definition) is 2. The van der Waals surface area contributed by atoms with Crippen molar-refractivity contribution >= 4 is 29.1 Å². The van der Waals surface area contributed by atoms with Crippen LogP contribution in [-0.2, 0) is 0 Å². The quantitative estimate of drug-likeness (QED) is 0.626. The molecule has 0 bridgehead atoms. The Morgan fingerprint density at radius 1 is 1.33 bits per heavy atom. The van der Waals surface area contributed by atoms with Gasteiger partial charge in [-0.05, 0) is 61.0 Å². The summed E-state index contributed by atoms with van der Waals surface area (Å²) < 4.78 is 17.7. The summed E-state index contributed by atoms with van der Waals surface area (Å²) in [5.74, 6) is 0.658. The van der Waals surface area contributed by atoms with Crippen molar-refractivity contribution in [3.05, 3.63) is 46.0 Å². The maximum atomic E-state index is 13.6. The van der Waals surface area contributed by atoms with Gasteiger partial charge in [-0.15, -0.1) is 0 Å². The molecular weight excluding hydrogens is 367 g/mol. The lowest BCUT2D eigenvalue weighted by molar-refractivity contribution is 0.0756. The molecule has 1 aromatic heterocycles. The Bertz CT molecular complexity index is 938. The van der Waals surface area contributed by atoms with Gasteiger partial charge in [0.25, 0.3) is 5.91 Å². The van der Waals surface area contributed by atoms with Crippen molar-refractivity contribution in [2.45, 2.75) is 25.7 Å². The van der Waals surface area contributed by atoms with E-state index < -0.39 is 0 Å². The minimum atomic E-state index is -0.327. The fourth-order valence-corrected chi connectivity index (χ4v) is 3.89. The standard InChI is InChI=1S/C18H19FN6OS/c1-10-22-17(27-23-10)16(21)25-7-6-24(9-15(25)20)18(26)13-5-4-12(19)8-14(13)11-2-3-11/h4-5,8,11,20-21H,2-3,6-7,9H2,1H3. The van der Waals surface area contributed by atoms with Gasteiger partial charge in [0.05, 0.1) is 6.54 Å². The average Bonchev–Trinajstić information content (AvgIpc) is 3.41. The topological polar surface area (TPSA) is 97.0 Å². The van der Waals surface area contributed by atoms with Crippen LogP contribution in [0.4, 0.5) is 4.39 Å². The predicted molar refractivity (Wildman–Crippen MR) is 100 cm³/mol. The maximum Gasteiger partial charge on any atom is 0.254 e. The number of benzene rings is 1. The van der Waals surface area contributed by atoms with E-state index in [0.717, 1.165) is 29.9 Å². The molecule has 1 aliphatic carbocycles. The van der Waals surface area contributed by atoms with Crippen LogP contribution in [0.2, 0.25) is 0 Å². The number of nitrogens with zero attached hydrogens (tertiary/aromatic N) is 4. The molecule has 1 aliphatic heterocycles. The van der Waals surface area contributed by atoms with Crippen LogP contribution in [0.1, 0.15) is 45.5 Å². The van der Waals surface area contributed by atoms with Crippen LogP contribution in [0, 0.1) is 23.6 Å². The number of amides is 1. The van der Waals surface area contributed by atoms with Crippen LogP contribution < -0.4 is 0 Å². The fourth-order valence-electron chi connectivity index (χ4n) is 3.26. The van der Waals surface area contributed by atoms with Crippen molar-refractivity contribution in [2.75, 3.05) is 19.6 Å². The number of carbonyl (C=O) groups excluding carboxylic acids is 1. The van der Waals surface area contributed by atoms with Gasteiger partial charge in [-0.25, -0.2) is 9.37 Å². The molecule has 9 heteroatoms. The molecule has 0 radical (unpaired) electrons. The molecule has 1 saturated heterocycles. The van der Waals surface area contributed by atoms with Gasteiger partial charge in [0, 0.05) is 18.7 Å². The number of amidine groups is 2. The van der Waals surface area contributed by atoms with E-state index in [1.54, 1.807) is 22.8 Å². The van der Waals surface area contributed by atoms with Gasteiger partial charge in [0.1, 0.15) is 17.5 Å². The van der Waals surface area contributed by atoms with Crippen LogP contribution in [-0.4, -0.2) is 56.4 Å². The molecule has 0 spiro atoms. The molecule has 0 atom stereocenters. The zero-order chi connectivity index (χ0) is 19.1. The summed E-state index contributed by atoms with van der Waals surface area (Å²) in [6.45, 7) is 2.61. The molecule has 4 rings (SSSR count). The highest BCUT2D eigenvalue weighted by Gasteiger charge is 2.33. The Hall–Kier alpha value is -2.68. The fraction of sp³-hybridized carbons (Fsp3) is 0.389. The zero-order valence-corrected chi connectivity index (χ0v) is 15.6. The number of halogens is 1. The molecule has 2 fully saturated rings.